The van der Waals surface area contributed by atoms with Gasteiger partial charge in [-0.1, -0.05) is 12.1 Å². The van der Waals surface area contributed by atoms with Crippen LogP contribution in [-0.2, 0) is 16.0 Å². The number of phenols is 1. The zero-order valence-corrected chi connectivity index (χ0v) is 15.0. The molecule has 0 heterocycles. The van der Waals surface area contributed by atoms with Crippen LogP contribution in [0.1, 0.15) is 15.9 Å². The third-order valence-corrected chi connectivity index (χ3v) is 3.60. The molecule has 2 aromatic carbocycles. The number of alkyl halides is 2. The zero-order chi connectivity index (χ0) is 20.5. The molecule has 0 atom stereocenters. The van der Waals surface area contributed by atoms with Crippen molar-refractivity contribution in [1.82, 2.24) is 5.32 Å². The van der Waals surface area contributed by atoms with E-state index in [2.05, 4.69) is 10.1 Å². The number of rotatable bonds is 9. The maximum Gasteiger partial charge on any atom is 0.387 e. The van der Waals surface area contributed by atoms with Gasteiger partial charge in [0.05, 0.1) is 12.7 Å². The van der Waals surface area contributed by atoms with Crippen molar-refractivity contribution in [3.63, 3.8) is 0 Å². The predicted octanol–water partition coefficient (Wildman–Crippen LogP) is 2.52. The standard InChI is InChI=1S/C19H19F2NO6/c1-26-16-9-12(5-6-15(16)28-19(20)21)7-8-22-17(24)11-27-18(25)13-3-2-4-14(23)10-13/h2-6,9-10,19,23H,7-8,11H2,1H3,(H,22,24). The second kappa shape index (κ2) is 10.1. The molecule has 28 heavy (non-hydrogen) atoms. The minimum atomic E-state index is -2.96. The third-order valence-electron chi connectivity index (χ3n) is 3.60. The number of hydrogen-bond donors (Lipinski definition) is 2. The lowest BCUT2D eigenvalue weighted by Gasteiger charge is -2.12. The van der Waals surface area contributed by atoms with Gasteiger partial charge in [0, 0.05) is 6.54 Å². The summed E-state index contributed by atoms with van der Waals surface area (Å²) in [4.78, 5) is 23.6. The van der Waals surface area contributed by atoms with E-state index >= 15 is 0 Å². The van der Waals surface area contributed by atoms with Crippen molar-refractivity contribution in [3.8, 4) is 17.2 Å². The van der Waals surface area contributed by atoms with Crippen molar-refractivity contribution in [3.05, 3.63) is 53.6 Å². The van der Waals surface area contributed by atoms with Crippen LogP contribution in [0.15, 0.2) is 42.5 Å². The number of nitrogens with one attached hydrogen (secondary N) is 1. The first-order chi connectivity index (χ1) is 13.4. The second-order valence-electron chi connectivity index (χ2n) is 5.59. The number of halogens is 2. The molecule has 0 saturated carbocycles. The largest absolute Gasteiger partial charge is 0.508 e. The first-order valence-electron chi connectivity index (χ1n) is 8.23. The van der Waals surface area contributed by atoms with Crippen molar-refractivity contribution in [2.45, 2.75) is 13.0 Å². The Hall–Kier alpha value is -3.36. The maximum atomic E-state index is 12.3. The molecule has 7 nitrogen and oxygen atoms in total. The van der Waals surface area contributed by atoms with Crippen molar-refractivity contribution < 1.29 is 37.7 Å². The topological polar surface area (TPSA) is 94.1 Å². The normalized spacial score (nSPS) is 10.4. The van der Waals surface area contributed by atoms with Gasteiger partial charge in [-0.05, 0) is 42.3 Å². The molecule has 2 aromatic rings. The van der Waals surface area contributed by atoms with Crippen molar-refractivity contribution in [2.75, 3.05) is 20.3 Å². The SMILES string of the molecule is COc1cc(CCNC(=O)COC(=O)c2cccc(O)c2)ccc1OC(F)F. The molecule has 0 aromatic heterocycles. The summed E-state index contributed by atoms with van der Waals surface area (Å²) in [6.45, 7) is -3.19. The molecule has 0 aliphatic carbocycles. The quantitative estimate of drug-likeness (QED) is 0.634. The third kappa shape index (κ3) is 6.42. The van der Waals surface area contributed by atoms with Crippen LogP contribution in [0.2, 0.25) is 0 Å². The summed E-state index contributed by atoms with van der Waals surface area (Å²) in [6, 6.07) is 10.0. The molecule has 2 N–H and O–H groups in total. The fraction of sp³-hybridized carbons (Fsp3) is 0.263. The Labute approximate surface area is 159 Å². The highest BCUT2D eigenvalue weighted by molar-refractivity contribution is 5.91. The fourth-order valence-corrected chi connectivity index (χ4v) is 2.31. The highest BCUT2D eigenvalue weighted by Crippen LogP contribution is 2.29. The van der Waals surface area contributed by atoms with Gasteiger partial charge in [0.2, 0.25) is 0 Å². The Bertz CT molecular complexity index is 828. The molecule has 0 spiro atoms. The molecule has 0 radical (unpaired) electrons. The molecular weight excluding hydrogens is 376 g/mol. The van der Waals surface area contributed by atoms with Gasteiger partial charge in [0.25, 0.3) is 5.91 Å². The van der Waals surface area contributed by atoms with E-state index in [-0.39, 0.29) is 29.4 Å². The molecule has 1 amide bonds. The van der Waals surface area contributed by atoms with E-state index in [9.17, 15) is 23.5 Å². The van der Waals surface area contributed by atoms with Crippen molar-refractivity contribution in [1.29, 1.82) is 0 Å². The monoisotopic (exact) mass is 395 g/mol. The molecule has 0 bridgehead atoms. The summed E-state index contributed by atoms with van der Waals surface area (Å²) in [6.07, 6.45) is 0.400. The van der Waals surface area contributed by atoms with Crippen molar-refractivity contribution in [2.24, 2.45) is 0 Å². The Balaban J connectivity index is 1.78. The van der Waals surface area contributed by atoms with Gasteiger partial charge in [-0.2, -0.15) is 8.78 Å². The van der Waals surface area contributed by atoms with Gasteiger partial charge in [-0.25, -0.2) is 4.79 Å². The van der Waals surface area contributed by atoms with Gasteiger partial charge in [-0.3, -0.25) is 4.79 Å². The van der Waals surface area contributed by atoms with Gasteiger partial charge in [-0.15, -0.1) is 0 Å². The summed E-state index contributed by atoms with van der Waals surface area (Å²) in [5.41, 5.74) is 0.863. The van der Waals surface area contributed by atoms with E-state index in [0.717, 1.165) is 5.56 Å². The number of aromatic hydroxyl groups is 1. The van der Waals surface area contributed by atoms with Crippen LogP contribution in [0.25, 0.3) is 0 Å². The Kier molecular flexibility index (Phi) is 7.55. The number of amides is 1. The summed E-state index contributed by atoms with van der Waals surface area (Å²) >= 11 is 0. The Morgan fingerprint density at radius 2 is 1.93 bits per heavy atom. The average Bonchev–Trinajstić information content (AvgIpc) is 2.66. The van der Waals surface area contributed by atoms with E-state index < -0.39 is 25.1 Å². The molecule has 0 saturated heterocycles. The molecule has 0 aliphatic rings. The molecule has 9 heteroatoms. The Morgan fingerprint density at radius 1 is 1.14 bits per heavy atom. The summed E-state index contributed by atoms with van der Waals surface area (Å²) in [5, 5.41) is 11.9. The van der Waals surface area contributed by atoms with E-state index in [1.54, 1.807) is 6.07 Å². The number of ether oxygens (including phenoxy) is 3. The molecule has 150 valence electrons. The molecule has 0 unspecified atom stereocenters. The summed E-state index contributed by atoms with van der Waals surface area (Å²) < 4.78 is 38.8. The lowest BCUT2D eigenvalue weighted by Crippen LogP contribution is -2.30. The van der Waals surface area contributed by atoms with Gasteiger partial charge >= 0.3 is 12.6 Å². The molecule has 0 fully saturated rings. The number of hydrogen-bond acceptors (Lipinski definition) is 6. The maximum absolute atomic E-state index is 12.3. The van der Waals surface area contributed by atoms with Crippen LogP contribution in [-0.4, -0.2) is 43.9 Å². The number of esters is 1. The van der Waals surface area contributed by atoms with Crippen LogP contribution in [0.5, 0.6) is 17.2 Å². The highest BCUT2D eigenvalue weighted by Gasteiger charge is 2.12. The van der Waals surface area contributed by atoms with Crippen LogP contribution in [0.3, 0.4) is 0 Å². The van der Waals surface area contributed by atoms with Crippen molar-refractivity contribution >= 4 is 11.9 Å². The predicted molar refractivity (Wildman–Crippen MR) is 94.7 cm³/mol. The second-order valence-corrected chi connectivity index (χ2v) is 5.59. The van der Waals surface area contributed by atoms with Crippen LogP contribution >= 0.6 is 0 Å². The van der Waals surface area contributed by atoms with E-state index in [4.69, 9.17) is 9.47 Å². The molecule has 0 aliphatic heterocycles. The first-order valence-corrected chi connectivity index (χ1v) is 8.23. The number of methoxy groups -OCH3 is 1. The van der Waals surface area contributed by atoms with Crippen LogP contribution in [0, 0.1) is 0 Å². The first kappa shape index (κ1) is 20.9. The number of phenolic OH excluding ortho intramolecular Hbond substituents is 1. The fourth-order valence-electron chi connectivity index (χ4n) is 2.31. The number of benzene rings is 2. The molecular formula is C19H19F2NO6. The number of carbonyl (C=O) groups excluding carboxylic acids is 2. The van der Waals surface area contributed by atoms with Crippen LogP contribution in [0.4, 0.5) is 8.78 Å². The van der Waals surface area contributed by atoms with E-state index in [1.165, 1.54) is 43.5 Å². The number of carbonyl (C=O) groups is 2. The van der Waals surface area contributed by atoms with E-state index in [1.807, 2.05) is 0 Å². The summed E-state index contributed by atoms with van der Waals surface area (Å²) in [5.74, 6) is -1.24. The minimum Gasteiger partial charge on any atom is -0.508 e. The smallest absolute Gasteiger partial charge is 0.387 e. The Morgan fingerprint density at radius 3 is 2.61 bits per heavy atom. The highest BCUT2D eigenvalue weighted by atomic mass is 19.3. The lowest BCUT2D eigenvalue weighted by atomic mass is 10.1. The van der Waals surface area contributed by atoms with Crippen LogP contribution < -0.4 is 14.8 Å². The van der Waals surface area contributed by atoms with E-state index in [0.29, 0.717) is 6.42 Å². The van der Waals surface area contributed by atoms with Gasteiger partial charge in [0.15, 0.2) is 18.1 Å². The minimum absolute atomic E-state index is 0.0795. The molecule has 2 rings (SSSR count). The zero-order valence-electron chi connectivity index (χ0n) is 15.0. The lowest BCUT2D eigenvalue weighted by molar-refractivity contribution is -0.124. The van der Waals surface area contributed by atoms with Gasteiger partial charge in [0.1, 0.15) is 5.75 Å². The van der Waals surface area contributed by atoms with Gasteiger partial charge < -0.3 is 24.6 Å². The summed E-state index contributed by atoms with van der Waals surface area (Å²) in [7, 11) is 1.33. The average molecular weight is 395 g/mol.